The molecule has 0 nitrogen and oxygen atoms in total. The maximum atomic E-state index is 3.00. The fraction of sp³-hybridized carbons (Fsp3) is 0. The van der Waals surface area contributed by atoms with E-state index in [1.165, 1.54) is 32.1 Å². The van der Waals surface area contributed by atoms with E-state index in [9.17, 15) is 0 Å². The van der Waals surface area contributed by atoms with Gasteiger partial charge in [0.15, 0.2) is 0 Å². The van der Waals surface area contributed by atoms with Crippen LogP contribution in [0.4, 0.5) is 0 Å². The Bertz CT molecular complexity index is 741. The summed E-state index contributed by atoms with van der Waals surface area (Å²) in [6, 6.07) is 42.3. The molecular weight excluding hydrogens is 569 g/mol. The van der Waals surface area contributed by atoms with Gasteiger partial charge in [-0.2, -0.15) is 0 Å². The molecule has 0 aliphatic carbocycles. The van der Waals surface area contributed by atoms with Gasteiger partial charge in [0.1, 0.15) is 0 Å². The van der Waals surface area contributed by atoms with Gasteiger partial charge in [-0.25, -0.2) is 0 Å². The Morgan fingerprint density at radius 1 is 0.379 bits per heavy atom. The van der Waals surface area contributed by atoms with E-state index < -0.39 is 0 Å². The van der Waals surface area contributed by atoms with E-state index in [0.29, 0.717) is 0 Å². The molecule has 0 bridgehead atoms. The van der Waals surface area contributed by atoms with Gasteiger partial charge in [0, 0.05) is 0 Å². The van der Waals surface area contributed by atoms with E-state index in [4.69, 9.17) is 0 Å². The summed E-state index contributed by atoms with van der Waals surface area (Å²) in [5, 5.41) is 5.59. The van der Waals surface area contributed by atoms with E-state index >= 15 is 0 Å². The largest absolute Gasteiger partial charge is 0.0622 e. The van der Waals surface area contributed by atoms with Crippen molar-refractivity contribution in [2.45, 2.75) is 0 Å². The molecule has 4 aromatic rings. The average Bonchev–Trinajstić information content (AvgIpc) is 2.78. The van der Waals surface area contributed by atoms with Crippen molar-refractivity contribution in [1.29, 1.82) is 0 Å². The number of hydrogen-bond acceptors (Lipinski definition) is 0. The molecule has 0 unspecified atom stereocenters. The third kappa shape index (κ3) is 11.2. The number of benzene rings is 4. The molecule has 152 valence electrons. The van der Waals surface area contributed by atoms with Gasteiger partial charge >= 0.3 is 39.3 Å². The molecule has 0 aromatic heterocycles. The number of rotatable bonds is 4. The Labute approximate surface area is 197 Å². The van der Waals surface area contributed by atoms with E-state index in [1.54, 1.807) is 0 Å². The zero-order valence-electron chi connectivity index (χ0n) is 15.6. The van der Waals surface area contributed by atoms with Gasteiger partial charge in [-0.15, -0.1) is 0 Å². The summed E-state index contributed by atoms with van der Waals surface area (Å²) in [5.41, 5.74) is 0. The summed E-state index contributed by atoms with van der Waals surface area (Å²) in [6.07, 6.45) is 0. The van der Waals surface area contributed by atoms with Crippen molar-refractivity contribution in [2.24, 2.45) is 0 Å². The van der Waals surface area contributed by atoms with Crippen LogP contribution >= 0.6 is 45.6 Å². The molecule has 4 aromatic carbocycles. The Kier molecular flexibility index (Phi) is 13.5. The van der Waals surface area contributed by atoms with Crippen LogP contribution in [0, 0.1) is 0 Å². The summed E-state index contributed by atoms with van der Waals surface area (Å²) in [7, 11) is 2.80. The fourth-order valence-corrected chi connectivity index (χ4v) is 4.52. The zero-order valence-corrected chi connectivity index (χ0v) is 21.8. The molecule has 0 saturated carbocycles. The minimum absolute atomic E-state index is 0.777. The van der Waals surface area contributed by atoms with E-state index in [-0.39, 0.29) is 0 Å². The Hall–Kier alpha value is -0.806. The minimum atomic E-state index is 0.777. The summed E-state index contributed by atoms with van der Waals surface area (Å²) in [6.45, 7) is 0. The maximum absolute atomic E-state index is 3.00. The van der Waals surface area contributed by atoms with Crippen LogP contribution in [0.15, 0.2) is 121 Å². The van der Waals surface area contributed by atoms with Gasteiger partial charge in [0.25, 0.3) is 0 Å². The maximum Gasteiger partial charge on any atom is -0.0226 e. The van der Waals surface area contributed by atoms with Crippen LogP contribution in [-0.4, -0.2) is 0 Å². The topological polar surface area (TPSA) is 0 Å². The average molecular weight is 591 g/mol. The van der Waals surface area contributed by atoms with Crippen molar-refractivity contribution < 1.29 is 10.9 Å². The van der Waals surface area contributed by atoms with Gasteiger partial charge in [-0.05, 0) is 21.2 Å². The SMILES string of the molecule is [Br][Ni][Br].c1ccc(Pc2ccccc2)cc1.c1ccc(Pc2ccccc2)cc1. The number of halogens is 2. The standard InChI is InChI=1S/2C12H11P.2BrH.Ni/c2*1-3-7-11(8-4-1)13-12-9-5-2-6-10-12;;;/h2*1-10,13H;2*1H;/q;;;;+2/p-2. The van der Waals surface area contributed by atoms with E-state index in [2.05, 4.69) is 150 Å². The van der Waals surface area contributed by atoms with Crippen LogP contribution in [0.5, 0.6) is 0 Å². The molecular formula is C24H22Br2NiP2. The Morgan fingerprint density at radius 2 is 0.552 bits per heavy atom. The molecule has 0 N–H and O–H groups in total. The summed E-state index contributed by atoms with van der Waals surface area (Å²) in [5.74, 6) is 0. The first-order chi connectivity index (χ1) is 14.3. The van der Waals surface area contributed by atoms with Crippen LogP contribution in [0.1, 0.15) is 0 Å². The quantitative estimate of drug-likeness (QED) is 0.193. The molecule has 0 amide bonds. The molecule has 0 saturated heterocycles. The van der Waals surface area contributed by atoms with Gasteiger partial charge in [-0.3, -0.25) is 0 Å². The van der Waals surface area contributed by atoms with Gasteiger partial charge in [-0.1, -0.05) is 138 Å². The van der Waals surface area contributed by atoms with E-state index in [1.807, 2.05) is 0 Å². The van der Waals surface area contributed by atoms with Crippen LogP contribution in [-0.2, 0) is 10.9 Å². The summed E-state index contributed by atoms with van der Waals surface area (Å²) >= 11 is 6.00. The number of hydrogen-bond donors (Lipinski definition) is 0. The predicted octanol–water partition coefficient (Wildman–Crippen LogP) is 6.32. The second-order valence-corrected chi connectivity index (χ2v) is 13.6. The zero-order chi connectivity index (χ0) is 20.6. The van der Waals surface area contributed by atoms with Crippen LogP contribution in [0.25, 0.3) is 0 Å². The second kappa shape index (κ2) is 16.0. The Balaban J connectivity index is 0.000000183. The molecule has 5 heteroatoms. The van der Waals surface area contributed by atoms with Crippen molar-refractivity contribution in [3.8, 4) is 0 Å². The fourth-order valence-electron chi connectivity index (χ4n) is 2.42. The van der Waals surface area contributed by atoms with Crippen molar-refractivity contribution in [1.82, 2.24) is 0 Å². The minimum Gasteiger partial charge on any atom is -0.0622 e. The summed E-state index contributed by atoms with van der Waals surface area (Å²) < 4.78 is 0. The third-order valence-electron chi connectivity index (χ3n) is 3.67. The predicted molar refractivity (Wildman–Crippen MR) is 139 cm³/mol. The van der Waals surface area contributed by atoms with Gasteiger partial charge in [0.2, 0.25) is 0 Å². The molecule has 0 aliphatic heterocycles. The van der Waals surface area contributed by atoms with Crippen molar-refractivity contribution in [2.75, 3.05) is 0 Å². The van der Waals surface area contributed by atoms with Crippen molar-refractivity contribution >= 4 is 66.8 Å². The summed E-state index contributed by atoms with van der Waals surface area (Å²) in [4.78, 5) is 0. The van der Waals surface area contributed by atoms with Crippen LogP contribution in [0.2, 0.25) is 0 Å². The molecule has 4 rings (SSSR count). The third-order valence-corrected chi connectivity index (χ3v) is 6.16. The van der Waals surface area contributed by atoms with Gasteiger partial charge < -0.3 is 0 Å². The van der Waals surface area contributed by atoms with Crippen LogP contribution in [0.3, 0.4) is 0 Å². The molecule has 0 spiro atoms. The van der Waals surface area contributed by atoms with Gasteiger partial charge in [0.05, 0.1) is 0 Å². The first-order valence-electron chi connectivity index (χ1n) is 8.88. The van der Waals surface area contributed by atoms with Crippen molar-refractivity contribution in [3.05, 3.63) is 121 Å². The first-order valence-corrected chi connectivity index (χ1v) is 15.8. The second-order valence-electron chi connectivity index (χ2n) is 5.76. The molecule has 0 radical (unpaired) electrons. The smallest absolute Gasteiger partial charge is 0.0226 e. The monoisotopic (exact) mass is 588 g/mol. The first kappa shape index (κ1) is 24.5. The van der Waals surface area contributed by atoms with Crippen molar-refractivity contribution in [3.63, 3.8) is 0 Å². The molecule has 0 aliphatic rings. The van der Waals surface area contributed by atoms with Crippen LogP contribution < -0.4 is 21.2 Å². The molecule has 29 heavy (non-hydrogen) atoms. The molecule has 0 fully saturated rings. The molecule has 0 atom stereocenters. The normalized spacial score (nSPS) is 9.59. The Morgan fingerprint density at radius 3 is 0.724 bits per heavy atom. The van der Waals surface area contributed by atoms with E-state index in [0.717, 1.165) is 17.2 Å². The molecule has 0 heterocycles.